The number of hydrogen-bond acceptors (Lipinski definition) is 4. The van der Waals surface area contributed by atoms with E-state index in [1.807, 2.05) is 25.1 Å². The predicted molar refractivity (Wildman–Crippen MR) is 75.5 cm³/mol. The van der Waals surface area contributed by atoms with Gasteiger partial charge < -0.3 is 10.2 Å². The second kappa shape index (κ2) is 5.83. The number of terminal acetylenes is 1. The molecule has 1 aromatic rings. The highest BCUT2D eigenvalue weighted by molar-refractivity contribution is 5.33. The van der Waals surface area contributed by atoms with Gasteiger partial charge in [-0.1, -0.05) is 5.92 Å². The zero-order chi connectivity index (χ0) is 13.8. The zero-order valence-corrected chi connectivity index (χ0v) is 11.9. The Morgan fingerprint density at radius 3 is 2.61 bits per heavy atom. The van der Waals surface area contributed by atoms with Crippen molar-refractivity contribution in [1.29, 1.82) is 0 Å². The van der Waals surface area contributed by atoms with Crippen LogP contribution >= 0.6 is 0 Å². The van der Waals surface area contributed by atoms with Crippen LogP contribution in [0.25, 0.3) is 0 Å². The van der Waals surface area contributed by atoms with Crippen molar-refractivity contribution in [2.24, 2.45) is 0 Å². The van der Waals surface area contributed by atoms with Crippen molar-refractivity contribution < 1.29 is 0 Å². The van der Waals surface area contributed by atoms with Gasteiger partial charge in [-0.15, -0.1) is 6.42 Å². The van der Waals surface area contributed by atoms with Crippen molar-refractivity contribution in [3.63, 3.8) is 0 Å². The number of hydrogen-bond donors (Lipinski definition) is 1. The van der Waals surface area contributed by atoms with E-state index in [9.17, 15) is 0 Å². The Labute approximate surface area is 110 Å². The van der Waals surface area contributed by atoms with Crippen LogP contribution in [0, 0.1) is 19.3 Å². The van der Waals surface area contributed by atoms with E-state index < -0.39 is 0 Å². The molecule has 4 heteroatoms. The number of aromatic nitrogens is 2. The highest BCUT2D eigenvalue weighted by Crippen LogP contribution is 2.11. The van der Waals surface area contributed by atoms with Gasteiger partial charge in [-0.2, -0.15) is 0 Å². The van der Waals surface area contributed by atoms with Crippen LogP contribution in [0.5, 0.6) is 0 Å². The van der Waals surface area contributed by atoms with E-state index in [1.165, 1.54) is 0 Å². The van der Waals surface area contributed by atoms with Crippen molar-refractivity contribution in [3.05, 3.63) is 17.5 Å². The maximum atomic E-state index is 5.27. The van der Waals surface area contributed by atoms with E-state index in [4.69, 9.17) is 6.42 Å². The fourth-order valence-corrected chi connectivity index (χ4v) is 1.41. The molecule has 0 bridgehead atoms. The molecule has 4 nitrogen and oxygen atoms in total. The Hall–Kier alpha value is -1.60. The van der Waals surface area contributed by atoms with E-state index in [2.05, 4.69) is 42.0 Å². The van der Waals surface area contributed by atoms with Gasteiger partial charge in [0.1, 0.15) is 0 Å². The molecule has 0 aliphatic carbocycles. The van der Waals surface area contributed by atoms with E-state index >= 15 is 0 Å². The third kappa shape index (κ3) is 4.34. The maximum absolute atomic E-state index is 5.27. The molecule has 1 aromatic heterocycles. The smallest absolute Gasteiger partial charge is 0.226 e. The minimum Gasteiger partial charge on any atom is -0.333 e. The third-order valence-corrected chi connectivity index (χ3v) is 2.55. The number of anilines is 1. The summed E-state index contributed by atoms with van der Waals surface area (Å²) in [5, 5.41) is 3.43. The molecule has 0 aliphatic heterocycles. The summed E-state index contributed by atoms with van der Waals surface area (Å²) in [6, 6.07) is 0. The lowest BCUT2D eigenvalue weighted by Gasteiger charge is -2.21. The Balaban J connectivity index is 2.77. The van der Waals surface area contributed by atoms with E-state index in [0.29, 0.717) is 12.5 Å². The molecule has 0 fully saturated rings. The first-order chi connectivity index (χ1) is 8.33. The van der Waals surface area contributed by atoms with Crippen molar-refractivity contribution in [2.45, 2.75) is 39.8 Å². The van der Waals surface area contributed by atoms with Gasteiger partial charge in [0.05, 0.1) is 6.54 Å². The molecule has 98 valence electrons. The highest BCUT2D eigenvalue weighted by Gasteiger charge is 2.11. The molecule has 1 heterocycles. The summed E-state index contributed by atoms with van der Waals surface area (Å²) in [7, 11) is 1.89. The number of rotatable bonds is 4. The Morgan fingerprint density at radius 1 is 1.44 bits per heavy atom. The summed E-state index contributed by atoms with van der Waals surface area (Å²) in [5.74, 6) is 3.25. The molecule has 0 unspecified atom stereocenters. The summed E-state index contributed by atoms with van der Waals surface area (Å²) in [6.07, 6.45) is 7.14. The third-order valence-electron chi connectivity index (χ3n) is 2.55. The second-order valence-corrected chi connectivity index (χ2v) is 5.44. The number of aryl methyl sites for hydroxylation is 1. The monoisotopic (exact) mass is 246 g/mol. The Bertz CT molecular complexity index is 440. The Kier molecular flexibility index (Phi) is 4.69. The molecule has 0 spiro atoms. The molecule has 0 radical (unpaired) electrons. The number of nitrogens with one attached hydrogen (secondary N) is 1. The van der Waals surface area contributed by atoms with Gasteiger partial charge in [-0.05, 0) is 27.7 Å². The van der Waals surface area contributed by atoms with Crippen molar-refractivity contribution >= 4 is 5.95 Å². The second-order valence-electron chi connectivity index (χ2n) is 5.44. The zero-order valence-electron chi connectivity index (χ0n) is 11.9. The van der Waals surface area contributed by atoms with E-state index in [1.54, 1.807) is 0 Å². The molecule has 0 aliphatic rings. The fourth-order valence-electron chi connectivity index (χ4n) is 1.41. The lowest BCUT2D eigenvalue weighted by atomic mass is 10.1. The average Bonchev–Trinajstić information content (AvgIpc) is 2.26. The molecule has 0 amide bonds. The summed E-state index contributed by atoms with van der Waals surface area (Å²) in [4.78, 5) is 10.7. The molecule has 1 N–H and O–H groups in total. The molecular weight excluding hydrogens is 224 g/mol. The van der Waals surface area contributed by atoms with Crippen molar-refractivity contribution in [1.82, 2.24) is 15.3 Å². The fraction of sp³-hybridized carbons (Fsp3) is 0.571. The summed E-state index contributed by atoms with van der Waals surface area (Å²) in [5.41, 5.74) is 2.19. The van der Waals surface area contributed by atoms with Crippen LogP contribution in [-0.2, 0) is 6.54 Å². The van der Waals surface area contributed by atoms with Gasteiger partial charge >= 0.3 is 0 Å². The first-order valence-electron chi connectivity index (χ1n) is 6.05. The average molecular weight is 246 g/mol. The van der Waals surface area contributed by atoms with Crippen molar-refractivity contribution in [3.8, 4) is 12.3 Å². The van der Waals surface area contributed by atoms with Gasteiger partial charge in [0.15, 0.2) is 0 Å². The van der Waals surface area contributed by atoms with Gasteiger partial charge in [-0.25, -0.2) is 9.97 Å². The van der Waals surface area contributed by atoms with Crippen LogP contribution in [0.4, 0.5) is 5.95 Å². The standard InChI is InChI=1S/C14H22N4/c1-7-8-18(6)13-15-9-12(11(2)17-13)10-16-14(3,4)5/h1,9,16H,8,10H2,2-6H3. The largest absolute Gasteiger partial charge is 0.333 e. The predicted octanol–water partition coefficient (Wildman–Crippen LogP) is 1.74. The quantitative estimate of drug-likeness (QED) is 0.822. The molecule has 1 rings (SSSR count). The Morgan fingerprint density at radius 2 is 2.11 bits per heavy atom. The molecule has 0 saturated heterocycles. The topological polar surface area (TPSA) is 41.1 Å². The lowest BCUT2D eigenvalue weighted by molar-refractivity contribution is 0.423. The first kappa shape index (κ1) is 14.5. The lowest BCUT2D eigenvalue weighted by Crippen LogP contribution is -2.35. The van der Waals surface area contributed by atoms with E-state index in [-0.39, 0.29) is 5.54 Å². The maximum Gasteiger partial charge on any atom is 0.226 e. The minimum absolute atomic E-state index is 0.0887. The van der Waals surface area contributed by atoms with Gasteiger partial charge in [0.2, 0.25) is 5.95 Å². The van der Waals surface area contributed by atoms with Crippen LogP contribution in [0.3, 0.4) is 0 Å². The van der Waals surface area contributed by atoms with Crippen LogP contribution in [0.15, 0.2) is 6.20 Å². The van der Waals surface area contributed by atoms with Gasteiger partial charge in [0, 0.05) is 36.6 Å². The van der Waals surface area contributed by atoms with Crippen LogP contribution in [-0.4, -0.2) is 29.1 Å². The summed E-state index contributed by atoms with van der Waals surface area (Å²) < 4.78 is 0. The molecule has 0 aromatic carbocycles. The molecular formula is C14H22N4. The molecule has 0 atom stereocenters. The van der Waals surface area contributed by atoms with E-state index in [0.717, 1.165) is 17.8 Å². The normalized spacial score (nSPS) is 11.1. The van der Waals surface area contributed by atoms with Gasteiger partial charge in [0.25, 0.3) is 0 Å². The summed E-state index contributed by atoms with van der Waals surface area (Å²) in [6.45, 7) is 9.69. The first-order valence-corrected chi connectivity index (χ1v) is 6.05. The van der Waals surface area contributed by atoms with Crippen LogP contribution in [0.1, 0.15) is 32.0 Å². The van der Waals surface area contributed by atoms with Gasteiger partial charge in [-0.3, -0.25) is 0 Å². The van der Waals surface area contributed by atoms with Crippen LogP contribution < -0.4 is 10.2 Å². The minimum atomic E-state index is 0.0887. The van der Waals surface area contributed by atoms with Crippen molar-refractivity contribution in [2.75, 3.05) is 18.5 Å². The molecule has 0 saturated carbocycles. The summed E-state index contributed by atoms with van der Waals surface area (Å²) >= 11 is 0. The SMILES string of the molecule is C#CCN(C)c1ncc(CNC(C)(C)C)c(C)n1. The molecule has 18 heavy (non-hydrogen) atoms. The van der Waals surface area contributed by atoms with Crippen LogP contribution in [0.2, 0.25) is 0 Å². The highest BCUT2D eigenvalue weighted by atomic mass is 15.2. The number of nitrogens with zero attached hydrogens (tertiary/aromatic N) is 3.